The van der Waals surface area contributed by atoms with Crippen LogP contribution in [0.4, 0.5) is 0 Å². The summed E-state index contributed by atoms with van der Waals surface area (Å²) in [5.74, 6) is 2.49. The number of carbonyl (C=O) groups is 1. The van der Waals surface area contributed by atoms with Crippen LogP contribution in [0.25, 0.3) is 0 Å². The maximum Gasteiger partial charge on any atom is 0.227 e. The Morgan fingerprint density at radius 1 is 0.968 bits per heavy atom. The third kappa shape index (κ3) is 6.91. The summed E-state index contributed by atoms with van der Waals surface area (Å²) in [7, 11) is 5.13. The lowest BCUT2D eigenvalue weighted by Crippen LogP contribution is -2.39. The molecule has 0 unspecified atom stereocenters. The zero-order chi connectivity index (χ0) is 23.0. The molecule has 0 spiro atoms. The number of aryl methyl sites for hydroxylation is 2. The fourth-order valence-corrected chi connectivity index (χ4v) is 3.62. The van der Waals surface area contributed by atoms with Crippen LogP contribution < -0.4 is 14.2 Å². The van der Waals surface area contributed by atoms with E-state index in [1.807, 2.05) is 44.0 Å². The molecule has 0 aliphatic heterocycles. The molecule has 0 aliphatic carbocycles. The third-order valence-electron chi connectivity index (χ3n) is 5.66. The Bertz CT molecular complexity index is 876. The topological polar surface area (TPSA) is 48.0 Å². The van der Waals surface area contributed by atoms with Crippen LogP contribution in [0, 0.1) is 19.3 Å². The van der Waals surface area contributed by atoms with Gasteiger partial charge in [-0.25, -0.2) is 0 Å². The second-order valence-corrected chi connectivity index (χ2v) is 8.77. The van der Waals surface area contributed by atoms with Crippen molar-refractivity contribution in [2.45, 2.75) is 47.0 Å². The fraction of sp³-hybridized carbons (Fsp3) is 0.500. The lowest BCUT2D eigenvalue weighted by molar-refractivity contribution is -0.139. The number of rotatable bonds is 11. The first kappa shape index (κ1) is 24.6. The van der Waals surface area contributed by atoms with E-state index in [0.717, 1.165) is 36.1 Å². The summed E-state index contributed by atoms with van der Waals surface area (Å²) in [6, 6.07) is 12.1. The van der Waals surface area contributed by atoms with Crippen molar-refractivity contribution in [3.63, 3.8) is 0 Å². The van der Waals surface area contributed by atoms with E-state index in [2.05, 4.69) is 32.0 Å². The Hall–Kier alpha value is -2.69. The van der Waals surface area contributed by atoms with Crippen LogP contribution in [0.3, 0.4) is 0 Å². The van der Waals surface area contributed by atoms with Gasteiger partial charge in [0.1, 0.15) is 5.75 Å². The molecule has 5 nitrogen and oxygen atoms in total. The van der Waals surface area contributed by atoms with Gasteiger partial charge in [-0.15, -0.1) is 0 Å². The van der Waals surface area contributed by atoms with Crippen LogP contribution in [-0.4, -0.2) is 45.2 Å². The van der Waals surface area contributed by atoms with Gasteiger partial charge in [-0.1, -0.05) is 32.0 Å². The van der Waals surface area contributed by atoms with Gasteiger partial charge in [0.05, 0.1) is 20.8 Å². The maximum atomic E-state index is 13.0. The Kier molecular flexibility index (Phi) is 8.78. The van der Waals surface area contributed by atoms with Crippen molar-refractivity contribution < 1.29 is 19.0 Å². The number of carbonyl (C=O) groups excluding carboxylic acids is 1. The Morgan fingerprint density at radius 2 is 1.68 bits per heavy atom. The van der Waals surface area contributed by atoms with Gasteiger partial charge in [0.25, 0.3) is 0 Å². The molecule has 0 heterocycles. The van der Waals surface area contributed by atoms with Crippen LogP contribution >= 0.6 is 0 Å². The number of ether oxygens (including phenoxy) is 3. The quantitative estimate of drug-likeness (QED) is 0.462. The van der Waals surface area contributed by atoms with E-state index in [1.165, 1.54) is 5.56 Å². The molecular formula is C26H37NO4. The molecule has 0 N–H and O–H groups in total. The number of hydrogen-bond donors (Lipinski definition) is 0. The average molecular weight is 428 g/mol. The van der Waals surface area contributed by atoms with E-state index in [-0.39, 0.29) is 5.91 Å². The van der Waals surface area contributed by atoms with Crippen LogP contribution in [0.15, 0.2) is 36.4 Å². The van der Waals surface area contributed by atoms with Crippen molar-refractivity contribution in [1.82, 2.24) is 4.90 Å². The molecule has 0 aliphatic rings. The molecule has 0 bridgehead atoms. The van der Waals surface area contributed by atoms with Gasteiger partial charge in [-0.05, 0) is 68.0 Å². The highest BCUT2D eigenvalue weighted by Crippen LogP contribution is 2.29. The minimum atomic E-state index is -0.433. The standard InChI is InChI=1S/C26H37NO4/c1-19-9-10-20(2)23(17-19)31-16-8-14-26(3,4)25(28)27(5)15-13-21-11-12-22(29-6)24(18-21)30-7/h9-12,17-18H,8,13-16H2,1-7H3. The number of hydrogen-bond acceptors (Lipinski definition) is 4. The molecule has 0 saturated carbocycles. The highest BCUT2D eigenvalue weighted by atomic mass is 16.5. The van der Waals surface area contributed by atoms with Crippen LogP contribution in [0.5, 0.6) is 17.2 Å². The van der Waals surface area contributed by atoms with E-state index in [1.54, 1.807) is 14.2 Å². The molecule has 1 amide bonds. The molecular weight excluding hydrogens is 390 g/mol. The first-order valence-corrected chi connectivity index (χ1v) is 10.8. The average Bonchev–Trinajstić information content (AvgIpc) is 2.76. The lowest BCUT2D eigenvalue weighted by atomic mass is 9.86. The maximum absolute atomic E-state index is 13.0. The highest BCUT2D eigenvalue weighted by molar-refractivity contribution is 5.81. The second-order valence-electron chi connectivity index (χ2n) is 8.77. The molecule has 0 radical (unpaired) electrons. The number of likely N-dealkylation sites (N-methyl/N-ethyl adjacent to an activating group) is 1. The van der Waals surface area contributed by atoms with Crippen LogP contribution in [0.1, 0.15) is 43.4 Å². The van der Waals surface area contributed by atoms with Gasteiger partial charge in [0, 0.05) is 19.0 Å². The lowest BCUT2D eigenvalue weighted by Gasteiger charge is -2.29. The molecule has 5 heteroatoms. The molecule has 0 atom stereocenters. The minimum absolute atomic E-state index is 0.153. The number of benzene rings is 2. The molecule has 170 valence electrons. The zero-order valence-corrected chi connectivity index (χ0v) is 20.1. The first-order chi connectivity index (χ1) is 14.7. The van der Waals surface area contributed by atoms with Crippen molar-refractivity contribution in [2.75, 3.05) is 34.4 Å². The third-order valence-corrected chi connectivity index (χ3v) is 5.66. The van der Waals surface area contributed by atoms with Gasteiger partial charge in [0.15, 0.2) is 11.5 Å². The van der Waals surface area contributed by atoms with E-state index < -0.39 is 5.41 Å². The molecule has 2 aromatic carbocycles. The van der Waals surface area contributed by atoms with Gasteiger partial charge >= 0.3 is 0 Å². The zero-order valence-electron chi connectivity index (χ0n) is 20.1. The molecule has 31 heavy (non-hydrogen) atoms. The number of nitrogens with zero attached hydrogens (tertiary/aromatic N) is 1. The summed E-state index contributed by atoms with van der Waals surface area (Å²) in [5.41, 5.74) is 3.00. The number of amides is 1. The van der Waals surface area contributed by atoms with E-state index >= 15 is 0 Å². The largest absolute Gasteiger partial charge is 0.493 e. The monoisotopic (exact) mass is 427 g/mol. The second kappa shape index (κ2) is 11.1. The highest BCUT2D eigenvalue weighted by Gasteiger charge is 2.29. The number of methoxy groups -OCH3 is 2. The van der Waals surface area contributed by atoms with E-state index in [4.69, 9.17) is 14.2 Å². The van der Waals surface area contributed by atoms with Crippen molar-refractivity contribution in [3.05, 3.63) is 53.1 Å². The Morgan fingerprint density at radius 3 is 2.35 bits per heavy atom. The van der Waals surface area contributed by atoms with Gasteiger partial charge < -0.3 is 19.1 Å². The smallest absolute Gasteiger partial charge is 0.227 e. The predicted molar refractivity (Wildman–Crippen MR) is 125 cm³/mol. The SMILES string of the molecule is COc1ccc(CCN(C)C(=O)C(C)(C)CCCOc2cc(C)ccc2C)cc1OC. The van der Waals surface area contributed by atoms with Crippen molar-refractivity contribution in [2.24, 2.45) is 5.41 Å². The molecule has 0 saturated heterocycles. The van der Waals surface area contributed by atoms with Crippen molar-refractivity contribution in [3.8, 4) is 17.2 Å². The molecule has 2 aromatic rings. The predicted octanol–water partition coefficient (Wildman–Crippen LogP) is 5.21. The van der Waals surface area contributed by atoms with Crippen LogP contribution in [-0.2, 0) is 11.2 Å². The van der Waals surface area contributed by atoms with Gasteiger partial charge in [0.2, 0.25) is 5.91 Å². The summed E-state index contributed by atoms with van der Waals surface area (Å²) in [5, 5.41) is 0. The van der Waals surface area contributed by atoms with E-state index in [9.17, 15) is 4.79 Å². The molecule has 2 rings (SSSR count). The summed E-state index contributed by atoms with van der Waals surface area (Å²) in [4.78, 5) is 14.8. The Labute approximate surface area is 187 Å². The Balaban J connectivity index is 1.84. The van der Waals surface area contributed by atoms with Crippen molar-refractivity contribution >= 4 is 5.91 Å². The molecule has 0 fully saturated rings. The summed E-state index contributed by atoms with van der Waals surface area (Å²) >= 11 is 0. The fourth-order valence-electron chi connectivity index (χ4n) is 3.62. The van der Waals surface area contributed by atoms with Gasteiger partial charge in [-0.2, -0.15) is 0 Å². The van der Waals surface area contributed by atoms with Gasteiger partial charge in [-0.3, -0.25) is 4.79 Å². The van der Waals surface area contributed by atoms with Crippen LogP contribution in [0.2, 0.25) is 0 Å². The van der Waals surface area contributed by atoms with Crippen molar-refractivity contribution in [1.29, 1.82) is 0 Å². The molecule has 0 aromatic heterocycles. The summed E-state index contributed by atoms with van der Waals surface area (Å²) in [6.07, 6.45) is 2.36. The normalized spacial score (nSPS) is 11.2. The minimum Gasteiger partial charge on any atom is -0.493 e. The summed E-state index contributed by atoms with van der Waals surface area (Å²) in [6.45, 7) is 9.40. The first-order valence-electron chi connectivity index (χ1n) is 10.8. The van der Waals surface area contributed by atoms with E-state index in [0.29, 0.717) is 24.7 Å². The summed E-state index contributed by atoms with van der Waals surface area (Å²) < 4.78 is 16.6.